The zero-order chi connectivity index (χ0) is 9.42. The quantitative estimate of drug-likeness (QED) is 0.545. The van der Waals surface area contributed by atoms with Gasteiger partial charge in [0.1, 0.15) is 6.10 Å². The second kappa shape index (κ2) is 3.10. The van der Waals surface area contributed by atoms with Gasteiger partial charge in [0.2, 0.25) is 0 Å². The van der Waals surface area contributed by atoms with E-state index in [4.69, 9.17) is 0 Å². The Kier molecular flexibility index (Phi) is 2.07. The lowest BCUT2D eigenvalue weighted by atomic mass is 9.85. The molecule has 0 fully saturated rings. The fraction of sp³-hybridized carbons (Fsp3) is 0.400. The molecule has 3 heteroatoms. The van der Waals surface area contributed by atoms with Crippen molar-refractivity contribution in [2.45, 2.75) is 24.7 Å². The lowest BCUT2D eigenvalue weighted by Gasteiger charge is -2.29. The van der Waals surface area contributed by atoms with Crippen LogP contribution in [-0.2, 0) is 0 Å². The van der Waals surface area contributed by atoms with Crippen LogP contribution in [0.25, 0.3) is 0 Å². The third-order valence-corrected chi connectivity index (χ3v) is 2.50. The minimum Gasteiger partial charge on any atom is -0.390 e. The molecule has 3 nitrogen and oxygen atoms in total. The maximum atomic E-state index is 9.59. The monoisotopic (exact) mass is 180 g/mol. The van der Waals surface area contributed by atoms with Gasteiger partial charge in [-0.1, -0.05) is 24.3 Å². The highest BCUT2D eigenvalue weighted by atomic mass is 16.3. The van der Waals surface area contributed by atoms with Crippen molar-refractivity contribution in [3.8, 4) is 0 Å². The highest BCUT2D eigenvalue weighted by molar-refractivity contribution is 5.33. The fourth-order valence-corrected chi connectivity index (χ4v) is 1.78. The summed E-state index contributed by atoms with van der Waals surface area (Å²) in [6.45, 7) is 0. The molecule has 2 rings (SSSR count). The summed E-state index contributed by atoms with van der Waals surface area (Å²) in [6.07, 6.45) is -2.17. The summed E-state index contributed by atoms with van der Waals surface area (Å²) < 4.78 is 0. The maximum Gasteiger partial charge on any atom is 0.105 e. The van der Waals surface area contributed by atoms with Crippen molar-refractivity contribution < 1.29 is 15.3 Å². The average Bonchev–Trinajstić information content (AvgIpc) is 2.15. The molecular formula is C10H12O3. The molecule has 1 aromatic rings. The smallest absolute Gasteiger partial charge is 0.105 e. The van der Waals surface area contributed by atoms with E-state index in [-0.39, 0.29) is 6.42 Å². The topological polar surface area (TPSA) is 60.7 Å². The number of rotatable bonds is 0. The van der Waals surface area contributed by atoms with Crippen molar-refractivity contribution in [2.75, 3.05) is 0 Å². The number of fused-ring (bicyclic) bond motifs is 1. The zero-order valence-electron chi connectivity index (χ0n) is 7.09. The largest absolute Gasteiger partial charge is 0.390 e. The summed E-state index contributed by atoms with van der Waals surface area (Å²) in [5, 5.41) is 28.5. The zero-order valence-corrected chi connectivity index (χ0v) is 7.09. The molecule has 0 saturated carbocycles. The summed E-state index contributed by atoms with van der Waals surface area (Å²) in [4.78, 5) is 0. The van der Waals surface area contributed by atoms with Gasteiger partial charge in [-0.2, -0.15) is 0 Å². The predicted molar refractivity (Wildman–Crippen MR) is 47.0 cm³/mol. The highest BCUT2D eigenvalue weighted by Gasteiger charge is 2.30. The van der Waals surface area contributed by atoms with E-state index < -0.39 is 18.3 Å². The summed E-state index contributed by atoms with van der Waals surface area (Å²) >= 11 is 0. The molecule has 0 saturated heterocycles. The molecule has 1 aliphatic carbocycles. The Bertz CT molecular complexity index is 311. The van der Waals surface area contributed by atoms with E-state index in [0.717, 1.165) is 5.56 Å². The molecule has 0 amide bonds. The van der Waals surface area contributed by atoms with Gasteiger partial charge in [-0.05, 0) is 11.1 Å². The molecule has 0 heterocycles. The highest BCUT2D eigenvalue weighted by Crippen LogP contribution is 2.35. The standard InChI is InChI=1S/C10H12O3/c11-8-5-9(12)10(13)7-4-2-1-3-6(7)8/h1-4,8-13H,5H2. The van der Waals surface area contributed by atoms with Crippen molar-refractivity contribution >= 4 is 0 Å². The Morgan fingerprint density at radius 3 is 2.31 bits per heavy atom. The lowest BCUT2D eigenvalue weighted by Crippen LogP contribution is -2.27. The first-order valence-corrected chi connectivity index (χ1v) is 4.33. The van der Waals surface area contributed by atoms with Crippen LogP contribution in [0.1, 0.15) is 29.8 Å². The molecule has 3 N–H and O–H groups in total. The number of hydrogen-bond donors (Lipinski definition) is 3. The molecule has 0 aliphatic heterocycles. The van der Waals surface area contributed by atoms with Gasteiger partial charge in [0, 0.05) is 6.42 Å². The van der Waals surface area contributed by atoms with Crippen LogP contribution in [0, 0.1) is 0 Å². The van der Waals surface area contributed by atoms with Crippen LogP contribution in [-0.4, -0.2) is 21.4 Å². The third-order valence-electron chi connectivity index (χ3n) is 2.50. The van der Waals surface area contributed by atoms with Crippen LogP contribution < -0.4 is 0 Å². The van der Waals surface area contributed by atoms with Crippen molar-refractivity contribution in [3.63, 3.8) is 0 Å². The van der Waals surface area contributed by atoms with E-state index >= 15 is 0 Å². The van der Waals surface area contributed by atoms with Crippen molar-refractivity contribution in [3.05, 3.63) is 35.4 Å². The summed E-state index contributed by atoms with van der Waals surface area (Å²) in [6, 6.07) is 7.10. The van der Waals surface area contributed by atoms with Gasteiger partial charge in [-0.15, -0.1) is 0 Å². The third kappa shape index (κ3) is 1.35. The molecule has 0 radical (unpaired) electrons. The van der Waals surface area contributed by atoms with Gasteiger partial charge in [0.25, 0.3) is 0 Å². The van der Waals surface area contributed by atoms with Crippen LogP contribution in [0.3, 0.4) is 0 Å². The normalized spacial score (nSPS) is 32.7. The Balaban J connectivity index is 2.47. The number of aliphatic hydroxyl groups excluding tert-OH is 3. The van der Waals surface area contributed by atoms with Gasteiger partial charge in [-0.25, -0.2) is 0 Å². The minimum absolute atomic E-state index is 0.207. The molecular weight excluding hydrogens is 168 g/mol. The Morgan fingerprint density at radius 1 is 1.00 bits per heavy atom. The van der Waals surface area contributed by atoms with Crippen molar-refractivity contribution in [1.29, 1.82) is 0 Å². The summed E-state index contributed by atoms with van der Waals surface area (Å²) in [7, 11) is 0. The second-order valence-corrected chi connectivity index (χ2v) is 3.39. The fourth-order valence-electron chi connectivity index (χ4n) is 1.78. The average molecular weight is 180 g/mol. The van der Waals surface area contributed by atoms with Crippen LogP contribution in [0.15, 0.2) is 24.3 Å². The van der Waals surface area contributed by atoms with Gasteiger partial charge >= 0.3 is 0 Å². The summed E-state index contributed by atoms with van der Waals surface area (Å²) in [5.74, 6) is 0. The first kappa shape index (κ1) is 8.69. The van der Waals surface area contributed by atoms with Crippen LogP contribution in [0.2, 0.25) is 0 Å². The minimum atomic E-state index is -0.861. The molecule has 3 unspecified atom stereocenters. The van der Waals surface area contributed by atoms with Crippen molar-refractivity contribution in [2.24, 2.45) is 0 Å². The molecule has 0 spiro atoms. The molecule has 1 aliphatic rings. The molecule has 70 valence electrons. The Morgan fingerprint density at radius 2 is 1.62 bits per heavy atom. The van der Waals surface area contributed by atoms with Gasteiger partial charge in [0.05, 0.1) is 12.2 Å². The molecule has 13 heavy (non-hydrogen) atoms. The molecule has 0 bridgehead atoms. The molecule has 1 aromatic carbocycles. The first-order chi connectivity index (χ1) is 6.20. The van der Waals surface area contributed by atoms with E-state index in [1.54, 1.807) is 18.2 Å². The first-order valence-electron chi connectivity index (χ1n) is 4.33. The van der Waals surface area contributed by atoms with Gasteiger partial charge < -0.3 is 15.3 Å². The number of aliphatic hydroxyl groups is 3. The number of hydrogen-bond acceptors (Lipinski definition) is 3. The lowest BCUT2D eigenvalue weighted by molar-refractivity contribution is -0.0287. The second-order valence-electron chi connectivity index (χ2n) is 3.39. The van der Waals surface area contributed by atoms with E-state index in [1.807, 2.05) is 6.07 Å². The number of benzene rings is 1. The van der Waals surface area contributed by atoms with E-state index in [0.29, 0.717) is 5.56 Å². The SMILES string of the molecule is OC1CC(O)C(O)c2ccccc21. The van der Waals surface area contributed by atoms with Crippen LogP contribution >= 0.6 is 0 Å². The van der Waals surface area contributed by atoms with Gasteiger partial charge in [-0.3, -0.25) is 0 Å². The van der Waals surface area contributed by atoms with E-state index in [9.17, 15) is 15.3 Å². The molecule has 3 atom stereocenters. The van der Waals surface area contributed by atoms with Crippen molar-refractivity contribution in [1.82, 2.24) is 0 Å². The Hall–Kier alpha value is -0.900. The Labute approximate surface area is 76.3 Å². The molecule has 0 aromatic heterocycles. The van der Waals surface area contributed by atoms with Crippen LogP contribution in [0.5, 0.6) is 0 Å². The van der Waals surface area contributed by atoms with Crippen LogP contribution in [0.4, 0.5) is 0 Å². The van der Waals surface area contributed by atoms with E-state index in [2.05, 4.69) is 0 Å². The summed E-state index contributed by atoms with van der Waals surface area (Å²) in [5.41, 5.74) is 1.36. The van der Waals surface area contributed by atoms with Gasteiger partial charge in [0.15, 0.2) is 0 Å². The predicted octanol–water partition coefficient (Wildman–Crippen LogP) is 0.518. The van der Waals surface area contributed by atoms with E-state index in [1.165, 1.54) is 0 Å². The maximum absolute atomic E-state index is 9.59.